The van der Waals surface area contributed by atoms with Gasteiger partial charge in [0, 0.05) is 50.1 Å². The summed E-state index contributed by atoms with van der Waals surface area (Å²) in [6.07, 6.45) is 4.88. The Kier molecular flexibility index (Phi) is 3.84. The van der Waals surface area contributed by atoms with Crippen LogP contribution in [0.15, 0.2) is 18.5 Å². The molecule has 0 bridgehead atoms. The van der Waals surface area contributed by atoms with Crippen LogP contribution in [0, 0.1) is 31.1 Å². The van der Waals surface area contributed by atoms with Gasteiger partial charge in [0.05, 0.1) is 5.56 Å². The first kappa shape index (κ1) is 14.6. The van der Waals surface area contributed by atoms with Gasteiger partial charge >= 0.3 is 0 Å². The van der Waals surface area contributed by atoms with Gasteiger partial charge in [0.15, 0.2) is 0 Å². The van der Waals surface area contributed by atoms with Crippen molar-refractivity contribution in [2.75, 3.05) is 18.0 Å². The second-order valence-corrected chi connectivity index (χ2v) is 6.01. The zero-order valence-corrected chi connectivity index (χ0v) is 13.4. The predicted octanol–water partition coefficient (Wildman–Crippen LogP) is 2.47. The number of aryl methyl sites for hydroxylation is 3. The quantitative estimate of drug-likeness (QED) is 0.869. The molecule has 0 unspecified atom stereocenters. The summed E-state index contributed by atoms with van der Waals surface area (Å²) in [7, 11) is 0. The molecule has 0 spiro atoms. The molecule has 0 aromatic carbocycles. The molecule has 2 aromatic heterocycles. The lowest BCUT2D eigenvalue weighted by Gasteiger charge is -2.41. The van der Waals surface area contributed by atoms with Crippen molar-refractivity contribution in [2.24, 2.45) is 5.92 Å². The Bertz CT molecular complexity index is 719. The van der Waals surface area contributed by atoms with E-state index in [0.29, 0.717) is 11.5 Å². The highest BCUT2D eigenvalue weighted by Crippen LogP contribution is 2.29. The monoisotopic (exact) mass is 295 g/mol. The van der Waals surface area contributed by atoms with Crippen molar-refractivity contribution in [3.8, 4) is 6.07 Å². The maximum absolute atomic E-state index is 9.37. The Balaban J connectivity index is 1.70. The second-order valence-electron chi connectivity index (χ2n) is 6.01. The topological polar surface area (TPSA) is 57.7 Å². The van der Waals surface area contributed by atoms with Gasteiger partial charge in [0.25, 0.3) is 0 Å². The van der Waals surface area contributed by atoms with E-state index in [1.54, 1.807) is 0 Å². The summed E-state index contributed by atoms with van der Waals surface area (Å²) in [6.45, 7) is 8.98. The fourth-order valence-electron chi connectivity index (χ4n) is 3.14. The zero-order valence-electron chi connectivity index (χ0n) is 13.4. The molecule has 0 atom stereocenters. The summed E-state index contributed by atoms with van der Waals surface area (Å²) >= 11 is 0. The molecule has 0 N–H and O–H groups in total. The molecule has 0 amide bonds. The highest BCUT2D eigenvalue weighted by atomic mass is 15.3. The number of pyridine rings is 1. The van der Waals surface area contributed by atoms with Gasteiger partial charge in [-0.3, -0.25) is 0 Å². The van der Waals surface area contributed by atoms with Crippen molar-refractivity contribution >= 4 is 5.82 Å². The number of imidazole rings is 1. The highest BCUT2D eigenvalue weighted by Gasteiger charge is 2.30. The second kappa shape index (κ2) is 5.80. The van der Waals surface area contributed by atoms with Gasteiger partial charge in [-0.25, -0.2) is 9.97 Å². The van der Waals surface area contributed by atoms with Crippen molar-refractivity contribution in [1.82, 2.24) is 14.5 Å². The maximum atomic E-state index is 9.37. The molecule has 1 aliphatic heterocycles. The van der Waals surface area contributed by atoms with E-state index in [-0.39, 0.29) is 0 Å². The van der Waals surface area contributed by atoms with E-state index in [0.717, 1.165) is 49.0 Å². The molecule has 3 rings (SSSR count). The van der Waals surface area contributed by atoms with Crippen LogP contribution >= 0.6 is 0 Å². The summed E-state index contributed by atoms with van der Waals surface area (Å²) in [5.41, 5.74) is 2.69. The summed E-state index contributed by atoms with van der Waals surface area (Å²) in [6, 6.07) is 4.27. The van der Waals surface area contributed by atoms with E-state index in [1.165, 1.54) is 0 Å². The van der Waals surface area contributed by atoms with E-state index in [1.807, 2.05) is 26.1 Å². The molecular weight excluding hydrogens is 274 g/mol. The van der Waals surface area contributed by atoms with Crippen LogP contribution in [0.3, 0.4) is 0 Å². The molecule has 5 nitrogen and oxygen atoms in total. The molecule has 1 fully saturated rings. The molecular formula is C17H21N5. The summed E-state index contributed by atoms with van der Waals surface area (Å²) in [4.78, 5) is 11.2. The third-order valence-electron chi connectivity index (χ3n) is 4.27. The lowest BCUT2D eigenvalue weighted by Crippen LogP contribution is -2.49. The minimum absolute atomic E-state index is 0.591. The largest absolute Gasteiger partial charge is 0.355 e. The minimum atomic E-state index is 0.591. The normalized spacial score (nSPS) is 14.7. The molecule has 2 aromatic rings. The summed E-state index contributed by atoms with van der Waals surface area (Å²) in [5.74, 6) is 2.58. The number of aromatic nitrogens is 3. The molecule has 5 heteroatoms. The first-order chi connectivity index (χ1) is 10.6. The standard InChI is InChI=1S/C17H21N5/c1-4-16-19-5-6-21(16)9-14-10-22(11-14)17-15(8-18)12(2)7-13(3)20-17/h5-7,14H,4,9-11H2,1-3H3. The van der Waals surface area contributed by atoms with Crippen molar-refractivity contribution in [3.63, 3.8) is 0 Å². The van der Waals surface area contributed by atoms with Gasteiger partial charge < -0.3 is 9.47 Å². The van der Waals surface area contributed by atoms with Crippen LogP contribution in [0.5, 0.6) is 0 Å². The number of hydrogen-bond acceptors (Lipinski definition) is 4. The van der Waals surface area contributed by atoms with Gasteiger partial charge in [0.1, 0.15) is 17.7 Å². The number of hydrogen-bond donors (Lipinski definition) is 0. The van der Waals surface area contributed by atoms with Crippen LogP contribution in [0.1, 0.15) is 29.6 Å². The predicted molar refractivity (Wildman–Crippen MR) is 85.7 cm³/mol. The van der Waals surface area contributed by atoms with Crippen molar-refractivity contribution in [3.05, 3.63) is 41.1 Å². The molecule has 0 radical (unpaired) electrons. The smallest absolute Gasteiger partial charge is 0.147 e. The average molecular weight is 295 g/mol. The minimum Gasteiger partial charge on any atom is -0.355 e. The number of nitriles is 1. The molecule has 0 aliphatic carbocycles. The van der Waals surface area contributed by atoms with E-state index in [4.69, 9.17) is 0 Å². The maximum Gasteiger partial charge on any atom is 0.147 e. The molecule has 22 heavy (non-hydrogen) atoms. The highest BCUT2D eigenvalue weighted by molar-refractivity contribution is 5.59. The summed E-state index contributed by atoms with van der Waals surface area (Å²) in [5, 5.41) is 9.37. The van der Waals surface area contributed by atoms with Gasteiger partial charge in [-0.15, -0.1) is 0 Å². The first-order valence-corrected chi connectivity index (χ1v) is 7.75. The van der Waals surface area contributed by atoms with Gasteiger partial charge in [-0.2, -0.15) is 5.26 Å². The SMILES string of the molecule is CCc1nccn1CC1CN(c2nc(C)cc(C)c2C#N)C1. The summed E-state index contributed by atoms with van der Waals surface area (Å²) < 4.78 is 2.24. The number of rotatable bonds is 4. The Morgan fingerprint density at radius 3 is 2.82 bits per heavy atom. The van der Waals surface area contributed by atoms with Crippen LogP contribution in [0.4, 0.5) is 5.82 Å². The fraction of sp³-hybridized carbons (Fsp3) is 0.471. The lowest BCUT2D eigenvalue weighted by molar-refractivity contribution is 0.350. The van der Waals surface area contributed by atoms with Crippen LogP contribution < -0.4 is 4.90 Å². The van der Waals surface area contributed by atoms with Crippen molar-refractivity contribution in [2.45, 2.75) is 33.7 Å². The first-order valence-electron chi connectivity index (χ1n) is 7.75. The van der Waals surface area contributed by atoms with Gasteiger partial charge in [-0.1, -0.05) is 6.92 Å². The van der Waals surface area contributed by atoms with Crippen LogP contribution in [-0.2, 0) is 13.0 Å². The Labute approximate surface area is 131 Å². The zero-order chi connectivity index (χ0) is 15.7. The molecule has 1 saturated heterocycles. The number of nitrogens with zero attached hydrogens (tertiary/aromatic N) is 5. The molecule has 1 aliphatic rings. The fourth-order valence-corrected chi connectivity index (χ4v) is 3.14. The Morgan fingerprint density at radius 1 is 1.36 bits per heavy atom. The molecule has 114 valence electrons. The third-order valence-corrected chi connectivity index (χ3v) is 4.27. The lowest BCUT2D eigenvalue weighted by atomic mass is 9.98. The molecule has 0 saturated carbocycles. The van der Waals surface area contributed by atoms with E-state index >= 15 is 0 Å². The van der Waals surface area contributed by atoms with Crippen LogP contribution in [-0.4, -0.2) is 27.6 Å². The number of anilines is 1. The van der Waals surface area contributed by atoms with Crippen LogP contribution in [0.2, 0.25) is 0 Å². The van der Waals surface area contributed by atoms with Crippen LogP contribution in [0.25, 0.3) is 0 Å². The average Bonchev–Trinajstić information content (AvgIpc) is 2.88. The van der Waals surface area contributed by atoms with E-state index in [9.17, 15) is 5.26 Å². The third kappa shape index (κ3) is 2.57. The van der Waals surface area contributed by atoms with Crippen molar-refractivity contribution in [1.29, 1.82) is 5.26 Å². The molecule has 3 heterocycles. The Morgan fingerprint density at radius 2 is 2.14 bits per heavy atom. The van der Waals surface area contributed by atoms with Gasteiger partial charge in [0.2, 0.25) is 0 Å². The van der Waals surface area contributed by atoms with E-state index in [2.05, 4.69) is 38.6 Å². The van der Waals surface area contributed by atoms with Gasteiger partial charge in [-0.05, 0) is 25.5 Å². The van der Waals surface area contributed by atoms with E-state index < -0.39 is 0 Å². The Hall–Kier alpha value is -2.35. The van der Waals surface area contributed by atoms with Crippen molar-refractivity contribution < 1.29 is 0 Å².